The molecule has 1 amide bonds. The van der Waals surface area contributed by atoms with Gasteiger partial charge in [0.15, 0.2) is 0 Å². The van der Waals surface area contributed by atoms with Gasteiger partial charge in [-0.2, -0.15) is 5.10 Å². The van der Waals surface area contributed by atoms with Crippen LogP contribution in [0.1, 0.15) is 50.8 Å². The van der Waals surface area contributed by atoms with Crippen LogP contribution < -0.4 is 5.32 Å². The third-order valence-electron chi connectivity index (χ3n) is 1.98. The number of rotatable bonds is 3. The van der Waals surface area contributed by atoms with E-state index in [1.165, 1.54) is 0 Å². The van der Waals surface area contributed by atoms with E-state index in [0.29, 0.717) is 11.6 Å². The van der Waals surface area contributed by atoms with E-state index in [9.17, 15) is 4.79 Å². The molecule has 2 N–H and O–H groups in total. The molecule has 1 aromatic rings. The van der Waals surface area contributed by atoms with E-state index in [4.69, 9.17) is 0 Å². The van der Waals surface area contributed by atoms with Crippen LogP contribution in [0, 0.1) is 5.92 Å². The van der Waals surface area contributed by atoms with Gasteiger partial charge in [-0.1, -0.05) is 13.8 Å². The van der Waals surface area contributed by atoms with Crippen LogP contribution in [0.5, 0.6) is 0 Å². The van der Waals surface area contributed by atoms with E-state index in [-0.39, 0.29) is 11.4 Å². The van der Waals surface area contributed by atoms with Crippen LogP contribution in [0.15, 0.2) is 6.07 Å². The molecular formula is C12H21N3O. The van der Waals surface area contributed by atoms with Crippen LogP contribution in [0.4, 0.5) is 0 Å². The molecule has 0 aliphatic carbocycles. The first-order valence-electron chi connectivity index (χ1n) is 5.65. The van der Waals surface area contributed by atoms with Crippen LogP contribution in [-0.4, -0.2) is 21.6 Å². The lowest BCUT2D eigenvalue weighted by Crippen LogP contribution is -2.40. The maximum absolute atomic E-state index is 11.8. The Morgan fingerprint density at radius 1 is 1.50 bits per heavy atom. The van der Waals surface area contributed by atoms with Gasteiger partial charge in [-0.15, -0.1) is 0 Å². The summed E-state index contributed by atoms with van der Waals surface area (Å²) in [4.78, 5) is 11.8. The number of carbonyl (C=O) groups is 1. The maximum Gasteiger partial charge on any atom is 0.272 e. The first kappa shape index (κ1) is 12.7. The highest BCUT2D eigenvalue weighted by Gasteiger charge is 2.17. The molecule has 0 radical (unpaired) electrons. The maximum atomic E-state index is 11.8. The van der Waals surface area contributed by atoms with Crippen LogP contribution in [0.2, 0.25) is 0 Å². The Kier molecular flexibility index (Phi) is 3.73. The molecule has 1 rings (SSSR count). The first-order valence-corrected chi connectivity index (χ1v) is 5.65. The van der Waals surface area contributed by atoms with Gasteiger partial charge in [0, 0.05) is 11.2 Å². The average Bonchev–Trinajstić information content (AvgIpc) is 2.48. The number of aromatic nitrogens is 2. The molecule has 0 aliphatic rings. The lowest BCUT2D eigenvalue weighted by molar-refractivity contribution is 0.0914. The van der Waals surface area contributed by atoms with Gasteiger partial charge in [-0.3, -0.25) is 9.89 Å². The van der Waals surface area contributed by atoms with Crippen LogP contribution in [0.3, 0.4) is 0 Å². The molecule has 0 fully saturated rings. The summed E-state index contributed by atoms with van der Waals surface area (Å²) in [5.74, 6) is 0.428. The molecule has 0 unspecified atom stereocenters. The molecule has 90 valence electrons. The minimum absolute atomic E-state index is 0.126. The summed E-state index contributed by atoms with van der Waals surface area (Å²) < 4.78 is 0. The topological polar surface area (TPSA) is 57.8 Å². The number of hydrogen-bond acceptors (Lipinski definition) is 2. The number of H-pyrrole nitrogens is 1. The molecule has 0 saturated heterocycles. The van der Waals surface area contributed by atoms with Crippen LogP contribution in [-0.2, 0) is 6.42 Å². The zero-order valence-electron chi connectivity index (χ0n) is 10.7. The zero-order chi connectivity index (χ0) is 12.3. The Hall–Kier alpha value is -1.32. The van der Waals surface area contributed by atoms with E-state index < -0.39 is 0 Å². The van der Waals surface area contributed by atoms with Crippen molar-refractivity contribution in [2.75, 3.05) is 0 Å². The molecule has 4 nitrogen and oxygen atoms in total. The molecule has 0 aromatic carbocycles. The summed E-state index contributed by atoms with van der Waals surface area (Å²) in [5.41, 5.74) is 1.24. The SMILES string of the molecule is CC(C)Cc1cc(C(=O)NC(C)(C)C)n[nH]1. The van der Waals surface area contributed by atoms with Crippen molar-refractivity contribution in [3.05, 3.63) is 17.5 Å². The second-order valence-corrected chi connectivity index (χ2v) is 5.58. The van der Waals surface area contributed by atoms with E-state index in [0.717, 1.165) is 12.1 Å². The molecule has 0 aliphatic heterocycles. The van der Waals surface area contributed by atoms with Crippen molar-refractivity contribution in [1.29, 1.82) is 0 Å². The van der Waals surface area contributed by atoms with Gasteiger partial charge in [0.1, 0.15) is 5.69 Å². The highest BCUT2D eigenvalue weighted by Crippen LogP contribution is 2.08. The van der Waals surface area contributed by atoms with Crippen molar-refractivity contribution in [1.82, 2.24) is 15.5 Å². The second kappa shape index (κ2) is 4.68. The highest BCUT2D eigenvalue weighted by molar-refractivity contribution is 5.92. The lowest BCUT2D eigenvalue weighted by atomic mass is 10.1. The standard InChI is InChI=1S/C12H21N3O/c1-8(2)6-9-7-10(15-14-9)11(16)13-12(3,4)5/h7-8H,6H2,1-5H3,(H,13,16)(H,14,15). The summed E-state index contributed by atoms with van der Waals surface area (Å²) in [6, 6.07) is 1.82. The molecule has 1 heterocycles. The van der Waals surface area contributed by atoms with Crippen LogP contribution in [0.25, 0.3) is 0 Å². The van der Waals surface area contributed by atoms with Crippen molar-refractivity contribution in [2.24, 2.45) is 5.92 Å². The lowest BCUT2D eigenvalue weighted by Gasteiger charge is -2.19. The molecule has 16 heavy (non-hydrogen) atoms. The fourth-order valence-corrected chi connectivity index (χ4v) is 1.43. The quantitative estimate of drug-likeness (QED) is 0.824. The van der Waals surface area contributed by atoms with Gasteiger partial charge >= 0.3 is 0 Å². The van der Waals surface area contributed by atoms with E-state index >= 15 is 0 Å². The summed E-state index contributed by atoms with van der Waals surface area (Å²) in [5, 5.41) is 9.79. The number of carbonyl (C=O) groups excluding carboxylic acids is 1. The second-order valence-electron chi connectivity index (χ2n) is 5.58. The van der Waals surface area contributed by atoms with E-state index in [1.807, 2.05) is 26.8 Å². The zero-order valence-corrected chi connectivity index (χ0v) is 10.7. The molecule has 0 spiro atoms. The molecule has 0 saturated carbocycles. The Bertz CT molecular complexity index is 361. The highest BCUT2D eigenvalue weighted by atomic mass is 16.2. The molecule has 0 bridgehead atoms. The fraction of sp³-hybridized carbons (Fsp3) is 0.667. The Balaban J connectivity index is 2.67. The van der Waals surface area contributed by atoms with Gasteiger partial charge in [-0.05, 0) is 39.2 Å². The van der Waals surface area contributed by atoms with Crippen molar-refractivity contribution in [3.8, 4) is 0 Å². The average molecular weight is 223 g/mol. The normalized spacial score (nSPS) is 11.9. The predicted molar refractivity (Wildman–Crippen MR) is 64.3 cm³/mol. The summed E-state index contributed by atoms with van der Waals surface area (Å²) >= 11 is 0. The van der Waals surface area contributed by atoms with E-state index in [2.05, 4.69) is 29.4 Å². The van der Waals surface area contributed by atoms with Gasteiger partial charge < -0.3 is 5.32 Å². The van der Waals surface area contributed by atoms with Gasteiger partial charge in [0.25, 0.3) is 5.91 Å². The summed E-state index contributed by atoms with van der Waals surface area (Å²) in [6.07, 6.45) is 0.912. The van der Waals surface area contributed by atoms with Crippen molar-refractivity contribution < 1.29 is 4.79 Å². The molecule has 4 heteroatoms. The predicted octanol–water partition coefficient (Wildman–Crippen LogP) is 2.14. The third kappa shape index (κ3) is 4.04. The third-order valence-corrected chi connectivity index (χ3v) is 1.98. The van der Waals surface area contributed by atoms with Gasteiger partial charge in [-0.25, -0.2) is 0 Å². The number of amides is 1. The Morgan fingerprint density at radius 3 is 2.62 bits per heavy atom. The van der Waals surface area contributed by atoms with Crippen LogP contribution >= 0.6 is 0 Å². The summed E-state index contributed by atoms with van der Waals surface area (Å²) in [7, 11) is 0. The van der Waals surface area contributed by atoms with E-state index in [1.54, 1.807) is 0 Å². The molecular weight excluding hydrogens is 202 g/mol. The Morgan fingerprint density at radius 2 is 2.12 bits per heavy atom. The Labute approximate surface area is 96.8 Å². The molecule has 1 aromatic heterocycles. The van der Waals surface area contributed by atoms with Gasteiger partial charge in [0.05, 0.1) is 0 Å². The number of nitrogens with one attached hydrogen (secondary N) is 2. The monoisotopic (exact) mass is 223 g/mol. The minimum Gasteiger partial charge on any atom is -0.346 e. The smallest absolute Gasteiger partial charge is 0.272 e. The summed E-state index contributed by atoms with van der Waals surface area (Å²) in [6.45, 7) is 10.1. The molecule has 0 atom stereocenters. The fourth-order valence-electron chi connectivity index (χ4n) is 1.43. The van der Waals surface area contributed by atoms with Crippen molar-refractivity contribution >= 4 is 5.91 Å². The number of nitrogens with zero attached hydrogens (tertiary/aromatic N) is 1. The van der Waals surface area contributed by atoms with Crippen molar-refractivity contribution in [2.45, 2.75) is 46.6 Å². The number of aromatic amines is 1. The van der Waals surface area contributed by atoms with Crippen molar-refractivity contribution in [3.63, 3.8) is 0 Å². The van der Waals surface area contributed by atoms with Gasteiger partial charge in [0.2, 0.25) is 0 Å². The first-order chi connectivity index (χ1) is 7.28. The largest absolute Gasteiger partial charge is 0.346 e. The minimum atomic E-state index is -0.228. The number of hydrogen-bond donors (Lipinski definition) is 2.